The Balaban J connectivity index is 3.27. The molecule has 98 valence electrons. The number of ether oxygens (including phenoxy) is 2. The van der Waals surface area contributed by atoms with Crippen LogP contribution in [0.3, 0.4) is 0 Å². The molecule has 0 fully saturated rings. The summed E-state index contributed by atoms with van der Waals surface area (Å²) in [5.41, 5.74) is 0.162. The molecule has 0 spiro atoms. The first-order valence-electron chi connectivity index (χ1n) is 6.40. The normalized spacial score (nSPS) is 14.1. The molecular weight excluding hydrogens is 202 g/mol. The molecule has 0 aromatic heterocycles. The fourth-order valence-corrected chi connectivity index (χ4v) is 1.17. The summed E-state index contributed by atoms with van der Waals surface area (Å²) in [5, 5.41) is 3.42. The van der Waals surface area contributed by atoms with Crippen molar-refractivity contribution in [1.82, 2.24) is 5.32 Å². The van der Waals surface area contributed by atoms with Gasteiger partial charge in [-0.2, -0.15) is 0 Å². The lowest BCUT2D eigenvalue weighted by molar-refractivity contribution is 0.0102. The molecule has 0 aliphatic rings. The Morgan fingerprint density at radius 1 is 1.12 bits per heavy atom. The molecule has 1 unspecified atom stereocenters. The van der Waals surface area contributed by atoms with Crippen LogP contribution >= 0.6 is 0 Å². The Morgan fingerprint density at radius 3 is 2.38 bits per heavy atom. The molecule has 0 amide bonds. The summed E-state index contributed by atoms with van der Waals surface area (Å²) in [6, 6.07) is 0. The van der Waals surface area contributed by atoms with Crippen molar-refractivity contribution in [3.8, 4) is 0 Å². The van der Waals surface area contributed by atoms with Gasteiger partial charge >= 0.3 is 0 Å². The monoisotopic (exact) mass is 231 g/mol. The summed E-state index contributed by atoms with van der Waals surface area (Å²) >= 11 is 0. The minimum atomic E-state index is 0.162. The number of unbranched alkanes of at least 4 members (excludes halogenated alkanes) is 1. The van der Waals surface area contributed by atoms with Crippen molar-refractivity contribution >= 4 is 0 Å². The Morgan fingerprint density at radius 2 is 1.81 bits per heavy atom. The summed E-state index contributed by atoms with van der Waals surface area (Å²) < 4.78 is 11.1. The van der Waals surface area contributed by atoms with Gasteiger partial charge in [0.25, 0.3) is 0 Å². The van der Waals surface area contributed by atoms with Crippen LogP contribution in [0.5, 0.6) is 0 Å². The first-order chi connectivity index (χ1) is 7.45. The summed E-state index contributed by atoms with van der Waals surface area (Å²) in [5.74, 6) is 0. The summed E-state index contributed by atoms with van der Waals surface area (Å²) in [4.78, 5) is 0. The van der Waals surface area contributed by atoms with Crippen LogP contribution in [-0.2, 0) is 9.47 Å². The number of hydrogen-bond donors (Lipinski definition) is 1. The second kappa shape index (κ2) is 8.97. The smallest absolute Gasteiger partial charge is 0.0704 e. The van der Waals surface area contributed by atoms with Gasteiger partial charge in [-0.15, -0.1) is 0 Å². The Kier molecular flexibility index (Phi) is 8.90. The molecule has 0 heterocycles. The van der Waals surface area contributed by atoms with Gasteiger partial charge in [-0.1, -0.05) is 13.3 Å². The maximum Gasteiger partial charge on any atom is 0.0704 e. The van der Waals surface area contributed by atoms with E-state index in [1.165, 1.54) is 6.42 Å². The molecule has 0 aliphatic heterocycles. The van der Waals surface area contributed by atoms with Gasteiger partial charge in [-0.25, -0.2) is 0 Å². The largest absolute Gasteiger partial charge is 0.379 e. The lowest BCUT2D eigenvalue weighted by Gasteiger charge is -2.23. The summed E-state index contributed by atoms with van der Waals surface area (Å²) in [6.45, 7) is 13.9. The highest BCUT2D eigenvalue weighted by Crippen LogP contribution is 1.99. The first-order valence-corrected chi connectivity index (χ1v) is 6.40. The van der Waals surface area contributed by atoms with Gasteiger partial charge in [0.2, 0.25) is 0 Å². The molecule has 0 aromatic carbocycles. The first kappa shape index (κ1) is 15.9. The predicted octanol–water partition coefficient (Wildman–Crippen LogP) is 2.60. The Hall–Kier alpha value is -0.120. The van der Waals surface area contributed by atoms with E-state index in [0.29, 0.717) is 13.2 Å². The average molecular weight is 231 g/mol. The van der Waals surface area contributed by atoms with E-state index in [1.807, 2.05) is 0 Å². The molecule has 0 aromatic rings. The van der Waals surface area contributed by atoms with Crippen LogP contribution in [0, 0.1) is 0 Å². The van der Waals surface area contributed by atoms with Gasteiger partial charge in [0.1, 0.15) is 0 Å². The van der Waals surface area contributed by atoms with E-state index in [1.54, 1.807) is 0 Å². The molecule has 1 N–H and O–H groups in total. The molecule has 0 aliphatic carbocycles. The molecule has 0 radical (unpaired) electrons. The minimum absolute atomic E-state index is 0.162. The topological polar surface area (TPSA) is 30.5 Å². The molecule has 0 saturated heterocycles. The molecule has 3 nitrogen and oxygen atoms in total. The third-order valence-corrected chi connectivity index (χ3v) is 2.19. The lowest BCUT2D eigenvalue weighted by atomic mass is 10.1. The van der Waals surface area contributed by atoms with Crippen LogP contribution in [0.25, 0.3) is 0 Å². The zero-order valence-electron chi connectivity index (χ0n) is 11.6. The maximum atomic E-state index is 5.63. The van der Waals surface area contributed by atoms with Crippen molar-refractivity contribution in [2.45, 2.75) is 59.1 Å². The Labute approximate surface area is 101 Å². The quantitative estimate of drug-likeness (QED) is 0.619. The van der Waals surface area contributed by atoms with Crippen LogP contribution in [-0.4, -0.2) is 38.0 Å². The van der Waals surface area contributed by atoms with Crippen LogP contribution in [0.4, 0.5) is 0 Å². The van der Waals surface area contributed by atoms with Crippen molar-refractivity contribution in [3.63, 3.8) is 0 Å². The van der Waals surface area contributed by atoms with Gasteiger partial charge in [0.15, 0.2) is 0 Å². The van der Waals surface area contributed by atoms with Gasteiger partial charge in [-0.05, 0) is 34.1 Å². The van der Waals surface area contributed by atoms with Crippen molar-refractivity contribution in [3.05, 3.63) is 0 Å². The lowest BCUT2D eigenvalue weighted by Crippen LogP contribution is -2.41. The summed E-state index contributed by atoms with van der Waals surface area (Å²) in [6.07, 6.45) is 2.57. The van der Waals surface area contributed by atoms with Crippen molar-refractivity contribution in [2.24, 2.45) is 0 Å². The van der Waals surface area contributed by atoms with E-state index in [4.69, 9.17) is 9.47 Å². The second-order valence-corrected chi connectivity index (χ2v) is 5.28. The van der Waals surface area contributed by atoms with Gasteiger partial charge in [0, 0.05) is 18.7 Å². The molecule has 1 atom stereocenters. The standard InChI is InChI=1S/C13H29NO2/c1-6-7-8-15-9-10-16-12(2)11-14-13(3,4)5/h12,14H,6-11H2,1-5H3. The number of rotatable bonds is 9. The SMILES string of the molecule is CCCCOCCOC(C)CNC(C)(C)C. The number of hydrogen-bond acceptors (Lipinski definition) is 3. The predicted molar refractivity (Wildman–Crippen MR) is 68.9 cm³/mol. The summed E-state index contributed by atoms with van der Waals surface area (Å²) in [7, 11) is 0. The molecule has 0 saturated carbocycles. The molecular formula is C13H29NO2. The number of nitrogens with one attached hydrogen (secondary N) is 1. The highest BCUT2D eigenvalue weighted by atomic mass is 16.5. The average Bonchev–Trinajstić information content (AvgIpc) is 2.19. The third-order valence-electron chi connectivity index (χ3n) is 2.19. The van der Waals surface area contributed by atoms with Gasteiger partial charge in [-0.3, -0.25) is 0 Å². The zero-order valence-corrected chi connectivity index (χ0v) is 11.6. The van der Waals surface area contributed by atoms with Crippen molar-refractivity contribution in [1.29, 1.82) is 0 Å². The maximum absolute atomic E-state index is 5.63. The third kappa shape index (κ3) is 12.0. The fourth-order valence-electron chi connectivity index (χ4n) is 1.17. The van der Waals surface area contributed by atoms with E-state index in [2.05, 4.69) is 39.9 Å². The van der Waals surface area contributed by atoms with Crippen molar-refractivity contribution < 1.29 is 9.47 Å². The minimum Gasteiger partial charge on any atom is -0.379 e. The molecule has 16 heavy (non-hydrogen) atoms. The molecule has 0 rings (SSSR count). The van der Waals surface area contributed by atoms with Crippen LogP contribution < -0.4 is 5.32 Å². The highest BCUT2D eigenvalue weighted by molar-refractivity contribution is 4.71. The van der Waals surface area contributed by atoms with E-state index in [0.717, 1.165) is 19.6 Å². The van der Waals surface area contributed by atoms with Crippen LogP contribution in [0.2, 0.25) is 0 Å². The van der Waals surface area contributed by atoms with Crippen LogP contribution in [0.15, 0.2) is 0 Å². The van der Waals surface area contributed by atoms with Crippen molar-refractivity contribution in [2.75, 3.05) is 26.4 Å². The molecule has 3 heteroatoms. The van der Waals surface area contributed by atoms with Gasteiger partial charge in [0.05, 0.1) is 19.3 Å². The van der Waals surface area contributed by atoms with E-state index in [-0.39, 0.29) is 11.6 Å². The van der Waals surface area contributed by atoms with E-state index < -0.39 is 0 Å². The van der Waals surface area contributed by atoms with Gasteiger partial charge < -0.3 is 14.8 Å². The van der Waals surface area contributed by atoms with E-state index in [9.17, 15) is 0 Å². The van der Waals surface area contributed by atoms with Crippen LogP contribution in [0.1, 0.15) is 47.5 Å². The highest BCUT2D eigenvalue weighted by Gasteiger charge is 2.10. The van der Waals surface area contributed by atoms with E-state index >= 15 is 0 Å². The fraction of sp³-hybridized carbons (Fsp3) is 1.00. The zero-order chi connectivity index (χ0) is 12.4. The molecule has 0 bridgehead atoms. The Bertz CT molecular complexity index is 155. The second-order valence-electron chi connectivity index (χ2n) is 5.28.